The molecule has 5 nitrogen and oxygen atoms in total. The molecule has 1 N–H and O–H groups in total. The minimum Gasteiger partial charge on any atom is -0.264 e. The molecule has 0 spiro atoms. The highest BCUT2D eigenvalue weighted by atomic mass is 32.2. The van der Waals surface area contributed by atoms with E-state index in [0.29, 0.717) is 6.54 Å². The molecule has 0 saturated heterocycles. The number of thiazole rings is 1. The van der Waals surface area contributed by atoms with Gasteiger partial charge in [-0.05, 0) is 26.0 Å². The van der Waals surface area contributed by atoms with Crippen molar-refractivity contribution in [3.05, 3.63) is 35.1 Å². The second kappa shape index (κ2) is 5.77. The van der Waals surface area contributed by atoms with Gasteiger partial charge in [0.1, 0.15) is 5.01 Å². The third-order valence-electron chi connectivity index (χ3n) is 2.63. The minimum atomic E-state index is -3.17. The maximum absolute atomic E-state index is 11.4. The van der Waals surface area contributed by atoms with Crippen molar-refractivity contribution in [2.24, 2.45) is 0 Å². The zero-order chi connectivity index (χ0) is 13.9. The van der Waals surface area contributed by atoms with E-state index in [1.807, 2.05) is 19.1 Å². The number of aromatic nitrogens is 2. The van der Waals surface area contributed by atoms with Crippen molar-refractivity contribution >= 4 is 21.4 Å². The molecule has 0 saturated carbocycles. The molecule has 0 unspecified atom stereocenters. The van der Waals surface area contributed by atoms with Crippen LogP contribution >= 0.6 is 11.3 Å². The number of hydrogen-bond acceptors (Lipinski definition) is 5. The molecule has 0 amide bonds. The Morgan fingerprint density at radius 1 is 1.42 bits per heavy atom. The number of hydrogen-bond donors (Lipinski definition) is 1. The Labute approximate surface area is 116 Å². The summed E-state index contributed by atoms with van der Waals surface area (Å²) in [5.41, 5.74) is 1.79. The quantitative estimate of drug-likeness (QED) is 0.915. The molecule has 0 aliphatic carbocycles. The molecule has 0 aromatic carbocycles. The first-order valence-corrected chi connectivity index (χ1v) is 8.32. The van der Waals surface area contributed by atoms with Gasteiger partial charge in [-0.25, -0.2) is 18.1 Å². The normalized spacial score (nSPS) is 11.7. The fourth-order valence-corrected chi connectivity index (χ4v) is 3.13. The summed E-state index contributed by atoms with van der Waals surface area (Å²) in [6.45, 7) is 3.79. The fourth-order valence-electron chi connectivity index (χ4n) is 1.48. The van der Waals surface area contributed by atoms with E-state index in [-0.39, 0.29) is 5.75 Å². The summed E-state index contributed by atoms with van der Waals surface area (Å²) < 4.78 is 25.4. The first kappa shape index (κ1) is 14.1. The summed E-state index contributed by atoms with van der Waals surface area (Å²) in [5, 5.41) is 0.858. The fraction of sp³-hybridized carbons (Fsp3) is 0.333. The summed E-state index contributed by atoms with van der Waals surface area (Å²) >= 11 is 1.49. The number of nitrogens with zero attached hydrogens (tertiary/aromatic N) is 2. The Morgan fingerprint density at radius 2 is 2.21 bits per heavy atom. The van der Waals surface area contributed by atoms with Crippen LogP contribution in [0.2, 0.25) is 0 Å². The molecule has 0 fully saturated rings. The number of aryl methyl sites for hydroxylation is 1. The summed E-state index contributed by atoms with van der Waals surface area (Å²) in [4.78, 5) is 9.43. The Balaban J connectivity index is 2.18. The zero-order valence-corrected chi connectivity index (χ0v) is 12.4. The van der Waals surface area contributed by atoms with Crippen LogP contribution in [-0.2, 0) is 16.6 Å². The molecule has 102 valence electrons. The second-order valence-electron chi connectivity index (χ2n) is 3.99. The van der Waals surface area contributed by atoms with Gasteiger partial charge in [-0.1, -0.05) is 0 Å². The van der Waals surface area contributed by atoms with E-state index in [2.05, 4.69) is 14.7 Å². The molecule has 0 aliphatic rings. The van der Waals surface area contributed by atoms with Crippen molar-refractivity contribution in [3.63, 3.8) is 0 Å². The van der Waals surface area contributed by atoms with Gasteiger partial charge in [-0.2, -0.15) is 0 Å². The van der Waals surface area contributed by atoms with Crippen LogP contribution in [0.3, 0.4) is 0 Å². The van der Waals surface area contributed by atoms with Crippen LogP contribution < -0.4 is 4.72 Å². The predicted molar refractivity (Wildman–Crippen MR) is 76.4 cm³/mol. The third-order valence-corrected chi connectivity index (χ3v) is 5.18. The Morgan fingerprint density at radius 3 is 2.84 bits per heavy atom. The molecule has 2 aromatic heterocycles. The summed E-state index contributed by atoms with van der Waals surface area (Å²) in [6.07, 6.45) is 3.46. The summed E-state index contributed by atoms with van der Waals surface area (Å²) in [6, 6.07) is 3.79. The highest BCUT2D eigenvalue weighted by Gasteiger charge is 2.12. The van der Waals surface area contributed by atoms with Gasteiger partial charge in [0.05, 0.1) is 11.4 Å². The zero-order valence-electron chi connectivity index (χ0n) is 10.8. The lowest BCUT2D eigenvalue weighted by Crippen LogP contribution is -2.24. The SMILES string of the molecule is CCS(=O)(=O)NCc1sc(-c2cccnc2)nc1C. The lowest BCUT2D eigenvalue weighted by molar-refractivity contribution is 0.583. The van der Waals surface area contributed by atoms with Crippen molar-refractivity contribution in [2.45, 2.75) is 20.4 Å². The molecular weight excluding hydrogens is 282 g/mol. The van der Waals surface area contributed by atoms with Crippen LogP contribution in [-0.4, -0.2) is 24.1 Å². The van der Waals surface area contributed by atoms with E-state index in [9.17, 15) is 8.42 Å². The van der Waals surface area contributed by atoms with E-state index >= 15 is 0 Å². The van der Waals surface area contributed by atoms with Gasteiger partial charge in [0.15, 0.2) is 0 Å². The van der Waals surface area contributed by atoms with E-state index in [4.69, 9.17) is 0 Å². The van der Waals surface area contributed by atoms with Gasteiger partial charge < -0.3 is 0 Å². The standard InChI is InChI=1S/C12H15N3O2S2/c1-3-19(16,17)14-8-11-9(2)15-12(18-11)10-5-4-6-13-7-10/h4-7,14H,3,8H2,1-2H3. The van der Waals surface area contributed by atoms with Crippen molar-refractivity contribution in [1.82, 2.24) is 14.7 Å². The second-order valence-corrected chi connectivity index (χ2v) is 7.17. The smallest absolute Gasteiger partial charge is 0.211 e. The minimum absolute atomic E-state index is 0.0836. The van der Waals surface area contributed by atoms with Gasteiger partial charge in [0.25, 0.3) is 0 Å². The largest absolute Gasteiger partial charge is 0.264 e. The Kier molecular flexibility index (Phi) is 4.28. The first-order valence-electron chi connectivity index (χ1n) is 5.86. The van der Waals surface area contributed by atoms with Gasteiger partial charge >= 0.3 is 0 Å². The molecule has 7 heteroatoms. The van der Waals surface area contributed by atoms with Crippen LogP contribution in [0.25, 0.3) is 10.6 Å². The van der Waals surface area contributed by atoms with Gasteiger partial charge in [0, 0.05) is 29.4 Å². The maximum atomic E-state index is 11.4. The maximum Gasteiger partial charge on any atom is 0.211 e. The van der Waals surface area contributed by atoms with Crippen LogP contribution in [0.1, 0.15) is 17.5 Å². The number of sulfonamides is 1. The van der Waals surface area contributed by atoms with E-state index < -0.39 is 10.0 Å². The highest BCUT2D eigenvalue weighted by Crippen LogP contribution is 2.27. The lowest BCUT2D eigenvalue weighted by Gasteiger charge is -2.02. The van der Waals surface area contributed by atoms with Crippen molar-refractivity contribution in [2.75, 3.05) is 5.75 Å². The van der Waals surface area contributed by atoms with Crippen molar-refractivity contribution in [1.29, 1.82) is 0 Å². The number of nitrogens with one attached hydrogen (secondary N) is 1. The lowest BCUT2D eigenvalue weighted by atomic mass is 10.3. The summed E-state index contributed by atoms with van der Waals surface area (Å²) in [5.74, 6) is 0.0836. The van der Waals surface area contributed by atoms with Crippen molar-refractivity contribution in [3.8, 4) is 10.6 Å². The van der Waals surface area contributed by atoms with Crippen LogP contribution in [0.5, 0.6) is 0 Å². The Hall–Kier alpha value is -1.31. The molecular formula is C12H15N3O2S2. The number of pyridine rings is 1. The Bertz CT molecular complexity index is 651. The molecule has 19 heavy (non-hydrogen) atoms. The topological polar surface area (TPSA) is 72.0 Å². The monoisotopic (exact) mass is 297 g/mol. The van der Waals surface area contributed by atoms with Gasteiger partial charge in [-0.15, -0.1) is 11.3 Å². The molecule has 0 radical (unpaired) electrons. The van der Waals surface area contributed by atoms with Crippen LogP contribution in [0.4, 0.5) is 0 Å². The molecule has 2 rings (SSSR count). The molecule has 0 aliphatic heterocycles. The van der Waals surface area contributed by atoms with Gasteiger partial charge in [0.2, 0.25) is 10.0 Å². The first-order chi connectivity index (χ1) is 9.02. The number of rotatable bonds is 5. The average molecular weight is 297 g/mol. The molecule has 2 heterocycles. The molecule has 0 atom stereocenters. The highest BCUT2D eigenvalue weighted by molar-refractivity contribution is 7.89. The third kappa shape index (κ3) is 3.59. The van der Waals surface area contributed by atoms with E-state index in [1.54, 1.807) is 19.3 Å². The van der Waals surface area contributed by atoms with E-state index in [0.717, 1.165) is 21.1 Å². The average Bonchev–Trinajstić information content (AvgIpc) is 2.79. The summed E-state index contributed by atoms with van der Waals surface area (Å²) in [7, 11) is -3.17. The molecule has 2 aromatic rings. The van der Waals surface area contributed by atoms with Crippen molar-refractivity contribution < 1.29 is 8.42 Å². The van der Waals surface area contributed by atoms with Gasteiger partial charge in [-0.3, -0.25) is 4.98 Å². The van der Waals surface area contributed by atoms with Crippen LogP contribution in [0.15, 0.2) is 24.5 Å². The predicted octanol–water partition coefficient (Wildman–Crippen LogP) is 1.95. The van der Waals surface area contributed by atoms with E-state index in [1.165, 1.54) is 11.3 Å². The molecule has 0 bridgehead atoms. The van der Waals surface area contributed by atoms with Crippen LogP contribution in [0, 0.1) is 6.92 Å².